The minimum atomic E-state index is 0.713. The van der Waals surface area contributed by atoms with Crippen molar-refractivity contribution in [3.63, 3.8) is 0 Å². The number of hydrogen-bond acceptors (Lipinski definition) is 6. The highest BCUT2D eigenvalue weighted by atomic mass is 15.6. The van der Waals surface area contributed by atoms with Gasteiger partial charge >= 0.3 is 0 Å². The molecule has 0 radical (unpaired) electrons. The summed E-state index contributed by atoms with van der Waals surface area (Å²) in [5, 5.41) is 6.35. The van der Waals surface area contributed by atoms with Crippen molar-refractivity contribution in [2.24, 2.45) is 5.10 Å². The molecule has 6 heteroatoms. The minimum Gasteiger partial charge on any atom is -0.311 e. The Balaban J connectivity index is 1.49. The third-order valence-corrected chi connectivity index (χ3v) is 6.91. The summed E-state index contributed by atoms with van der Waals surface area (Å²) in [6.45, 7) is 0.713. The summed E-state index contributed by atoms with van der Waals surface area (Å²) in [6.07, 6.45) is 7.57. The van der Waals surface area contributed by atoms with Crippen LogP contribution in [-0.2, 0) is 0 Å². The van der Waals surface area contributed by atoms with E-state index in [0.29, 0.717) is 6.67 Å². The fourth-order valence-corrected chi connectivity index (χ4v) is 5.19. The van der Waals surface area contributed by atoms with Gasteiger partial charge < -0.3 is 9.80 Å². The van der Waals surface area contributed by atoms with Gasteiger partial charge in [0.15, 0.2) is 0 Å². The lowest BCUT2D eigenvalue weighted by Crippen LogP contribution is -2.24. The van der Waals surface area contributed by atoms with E-state index >= 15 is 0 Å². The van der Waals surface area contributed by atoms with Crippen molar-refractivity contribution < 1.29 is 0 Å². The number of benzene rings is 3. The standard InChI is InChI=1S/C31H24N6/c1-35-21-36(20-34-35)23-12-13-27-25-14-16-32-19-28(25)26-9-2-3-11-30(26)37(31(27)18-23)24-8-6-7-22(17-24)29-10-4-5-15-33-29/h2-20H,21H2,1H3. The molecule has 4 heterocycles. The summed E-state index contributed by atoms with van der Waals surface area (Å²) in [4.78, 5) is 13.6. The van der Waals surface area contributed by atoms with Gasteiger partial charge in [0.2, 0.25) is 0 Å². The monoisotopic (exact) mass is 480 g/mol. The first-order valence-electron chi connectivity index (χ1n) is 12.3. The van der Waals surface area contributed by atoms with E-state index in [1.165, 1.54) is 5.56 Å². The Labute approximate surface area is 215 Å². The van der Waals surface area contributed by atoms with Crippen LogP contribution in [0.5, 0.6) is 0 Å². The number of rotatable bonds is 3. The van der Waals surface area contributed by atoms with Gasteiger partial charge in [0.05, 0.1) is 17.1 Å². The maximum Gasteiger partial charge on any atom is 0.117 e. The zero-order valence-electron chi connectivity index (χ0n) is 20.4. The number of aromatic nitrogens is 2. The van der Waals surface area contributed by atoms with Gasteiger partial charge in [0.1, 0.15) is 13.0 Å². The Kier molecular flexibility index (Phi) is 4.96. The normalized spacial score (nSPS) is 13.7. The van der Waals surface area contributed by atoms with Gasteiger partial charge in [-0.2, -0.15) is 5.10 Å². The highest BCUT2D eigenvalue weighted by Crippen LogP contribution is 2.51. The molecule has 6 nitrogen and oxygen atoms in total. The third kappa shape index (κ3) is 3.62. The number of para-hydroxylation sites is 1. The lowest BCUT2D eigenvalue weighted by molar-refractivity contribution is 0.393. The smallest absolute Gasteiger partial charge is 0.117 e. The van der Waals surface area contributed by atoms with Crippen molar-refractivity contribution in [2.45, 2.75) is 0 Å². The Bertz CT molecular complexity index is 1650. The molecule has 0 saturated heterocycles. The van der Waals surface area contributed by atoms with E-state index in [2.05, 4.69) is 97.7 Å². The van der Waals surface area contributed by atoms with Crippen molar-refractivity contribution in [2.75, 3.05) is 23.5 Å². The van der Waals surface area contributed by atoms with Crippen LogP contribution in [0.4, 0.5) is 22.7 Å². The second-order valence-electron chi connectivity index (χ2n) is 9.24. The summed E-state index contributed by atoms with van der Waals surface area (Å²) < 4.78 is 0. The Morgan fingerprint density at radius 3 is 2.43 bits per heavy atom. The fraction of sp³-hybridized carbons (Fsp3) is 0.0645. The summed E-state index contributed by atoms with van der Waals surface area (Å²) >= 11 is 0. The number of nitrogens with zero attached hydrogens (tertiary/aromatic N) is 6. The van der Waals surface area contributed by atoms with Crippen LogP contribution in [0, 0.1) is 0 Å². The Morgan fingerprint density at radius 2 is 1.57 bits per heavy atom. The number of hydrazone groups is 1. The van der Waals surface area contributed by atoms with Crippen LogP contribution < -0.4 is 9.80 Å². The lowest BCUT2D eigenvalue weighted by atomic mass is 9.96. The molecule has 7 rings (SSSR count). The van der Waals surface area contributed by atoms with E-state index in [1.807, 2.05) is 55.2 Å². The lowest BCUT2D eigenvalue weighted by Gasteiger charge is -2.29. The number of fused-ring (bicyclic) bond motifs is 5. The second-order valence-corrected chi connectivity index (χ2v) is 9.24. The first-order valence-corrected chi connectivity index (χ1v) is 12.3. The van der Waals surface area contributed by atoms with Crippen LogP contribution in [0.1, 0.15) is 0 Å². The Hall–Kier alpha value is -4.97. The summed E-state index contributed by atoms with van der Waals surface area (Å²) in [5.41, 5.74) is 11.0. The number of anilines is 4. The molecule has 0 saturated carbocycles. The minimum absolute atomic E-state index is 0.713. The van der Waals surface area contributed by atoms with Crippen LogP contribution in [0.25, 0.3) is 33.5 Å². The molecule has 0 atom stereocenters. The summed E-state index contributed by atoms with van der Waals surface area (Å²) in [6, 6.07) is 31.9. The quantitative estimate of drug-likeness (QED) is 0.275. The average molecular weight is 481 g/mol. The van der Waals surface area contributed by atoms with Crippen molar-refractivity contribution in [1.29, 1.82) is 0 Å². The molecule has 0 N–H and O–H groups in total. The van der Waals surface area contributed by atoms with Crippen LogP contribution in [0.15, 0.2) is 115 Å². The predicted molar refractivity (Wildman–Crippen MR) is 150 cm³/mol. The Morgan fingerprint density at radius 1 is 0.676 bits per heavy atom. The number of hydrogen-bond donors (Lipinski definition) is 0. The summed E-state index contributed by atoms with van der Waals surface area (Å²) in [7, 11) is 1.98. The molecule has 0 bridgehead atoms. The van der Waals surface area contributed by atoms with E-state index in [9.17, 15) is 0 Å². The highest BCUT2D eigenvalue weighted by Gasteiger charge is 2.27. The predicted octanol–water partition coefficient (Wildman–Crippen LogP) is 6.91. The maximum atomic E-state index is 4.60. The molecule has 3 aromatic carbocycles. The molecule has 37 heavy (non-hydrogen) atoms. The van der Waals surface area contributed by atoms with Gasteiger partial charge in [-0.1, -0.05) is 42.5 Å². The summed E-state index contributed by atoms with van der Waals surface area (Å²) in [5.74, 6) is 0. The van der Waals surface area contributed by atoms with Gasteiger partial charge in [0.25, 0.3) is 0 Å². The van der Waals surface area contributed by atoms with Gasteiger partial charge in [-0.3, -0.25) is 15.0 Å². The van der Waals surface area contributed by atoms with Crippen LogP contribution >= 0.6 is 0 Å². The molecule has 5 aromatic rings. The van der Waals surface area contributed by atoms with Crippen molar-refractivity contribution in [1.82, 2.24) is 15.0 Å². The van der Waals surface area contributed by atoms with E-state index in [4.69, 9.17) is 0 Å². The molecule has 0 unspecified atom stereocenters. The van der Waals surface area contributed by atoms with Crippen LogP contribution in [0.3, 0.4) is 0 Å². The largest absolute Gasteiger partial charge is 0.311 e. The molecule has 0 amide bonds. The van der Waals surface area contributed by atoms with E-state index in [0.717, 1.165) is 50.7 Å². The van der Waals surface area contributed by atoms with Crippen molar-refractivity contribution in [3.05, 3.63) is 110 Å². The van der Waals surface area contributed by atoms with Crippen LogP contribution in [-0.4, -0.2) is 35.0 Å². The molecule has 0 fully saturated rings. The van der Waals surface area contributed by atoms with Crippen molar-refractivity contribution >= 4 is 29.1 Å². The molecule has 2 aromatic heterocycles. The maximum absolute atomic E-state index is 4.60. The third-order valence-electron chi connectivity index (χ3n) is 6.91. The van der Waals surface area contributed by atoms with Gasteiger partial charge in [-0.15, -0.1) is 0 Å². The van der Waals surface area contributed by atoms with Crippen LogP contribution in [0.2, 0.25) is 0 Å². The molecule has 2 aliphatic rings. The van der Waals surface area contributed by atoms with Crippen molar-refractivity contribution in [3.8, 4) is 33.5 Å². The second kappa shape index (κ2) is 8.60. The number of pyridine rings is 2. The molecule has 178 valence electrons. The first-order chi connectivity index (χ1) is 18.3. The molecule has 0 aliphatic carbocycles. The zero-order chi connectivity index (χ0) is 24.8. The molecular weight excluding hydrogens is 456 g/mol. The van der Waals surface area contributed by atoms with Gasteiger partial charge in [-0.25, -0.2) is 0 Å². The van der Waals surface area contributed by atoms with E-state index in [1.54, 1.807) is 0 Å². The molecule has 2 aliphatic heterocycles. The fourth-order valence-electron chi connectivity index (χ4n) is 5.19. The van der Waals surface area contributed by atoms with E-state index in [-0.39, 0.29) is 0 Å². The highest BCUT2D eigenvalue weighted by molar-refractivity contribution is 6.03. The van der Waals surface area contributed by atoms with Gasteiger partial charge in [0, 0.05) is 59.3 Å². The average Bonchev–Trinajstić information content (AvgIpc) is 3.35. The molecular formula is C31H24N6. The topological polar surface area (TPSA) is 47.9 Å². The SMILES string of the molecule is CN1CN(c2ccc3c(c2)N(c2cccc(-c4ccccn4)c2)c2ccccc2-c2cnccc2-3)C=N1. The zero-order valence-corrected chi connectivity index (χ0v) is 20.4. The van der Waals surface area contributed by atoms with E-state index < -0.39 is 0 Å². The molecule has 0 spiro atoms. The first kappa shape index (κ1) is 21.3. The van der Waals surface area contributed by atoms with Gasteiger partial charge in [-0.05, 0) is 54.1 Å².